The summed E-state index contributed by atoms with van der Waals surface area (Å²) in [7, 11) is -3.58. The Morgan fingerprint density at radius 3 is 2.52 bits per heavy atom. The molecular weight excluding hydrogens is 404 g/mol. The minimum atomic E-state index is -3.58. The van der Waals surface area contributed by atoms with Crippen molar-refractivity contribution in [1.29, 1.82) is 0 Å². The molecule has 3 rings (SSSR count). The van der Waals surface area contributed by atoms with Gasteiger partial charge in [-0.3, -0.25) is 4.79 Å². The van der Waals surface area contributed by atoms with Gasteiger partial charge in [-0.25, -0.2) is 13.1 Å². The van der Waals surface area contributed by atoms with Crippen LogP contribution in [-0.2, 0) is 16.4 Å². The maximum absolute atomic E-state index is 12.4. The van der Waals surface area contributed by atoms with Gasteiger partial charge in [-0.1, -0.05) is 30.3 Å². The molecule has 2 aromatic carbocycles. The lowest BCUT2D eigenvalue weighted by molar-refractivity contribution is 0.0953. The third-order valence-electron chi connectivity index (χ3n) is 3.93. The van der Waals surface area contributed by atoms with Crippen molar-refractivity contribution >= 4 is 31.9 Å². The van der Waals surface area contributed by atoms with Crippen LogP contribution in [0.3, 0.4) is 0 Å². The molecular formula is C18H19BrN2O3S. The third kappa shape index (κ3) is 4.90. The van der Waals surface area contributed by atoms with Gasteiger partial charge in [0.2, 0.25) is 10.0 Å². The molecule has 25 heavy (non-hydrogen) atoms. The summed E-state index contributed by atoms with van der Waals surface area (Å²) in [6.07, 6.45) is 2.44. The van der Waals surface area contributed by atoms with E-state index in [4.69, 9.17) is 0 Å². The smallest absolute Gasteiger partial charge is 0.252 e. The van der Waals surface area contributed by atoms with Gasteiger partial charge < -0.3 is 5.32 Å². The van der Waals surface area contributed by atoms with E-state index in [2.05, 4.69) is 26.0 Å². The quantitative estimate of drug-likeness (QED) is 0.719. The Bertz CT molecular complexity index is 865. The van der Waals surface area contributed by atoms with Gasteiger partial charge in [0.25, 0.3) is 5.91 Å². The molecule has 1 saturated carbocycles. The van der Waals surface area contributed by atoms with Crippen molar-refractivity contribution in [3.63, 3.8) is 0 Å². The molecule has 0 saturated heterocycles. The molecule has 0 aromatic heterocycles. The molecule has 132 valence electrons. The van der Waals surface area contributed by atoms with Crippen molar-refractivity contribution < 1.29 is 13.2 Å². The van der Waals surface area contributed by atoms with Crippen LogP contribution in [0.5, 0.6) is 0 Å². The normalized spacial score (nSPS) is 14.3. The van der Waals surface area contributed by atoms with E-state index in [0.717, 1.165) is 18.4 Å². The van der Waals surface area contributed by atoms with Gasteiger partial charge in [0.1, 0.15) is 0 Å². The Morgan fingerprint density at radius 2 is 1.84 bits per heavy atom. The lowest BCUT2D eigenvalue weighted by Crippen LogP contribution is -2.28. The second kappa shape index (κ2) is 7.68. The monoisotopic (exact) mass is 422 g/mol. The van der Waals surface area contributed by atoms with Gasteiger partial charge in [0.05, 0.1) is 10.5 Å². The number of amides is 1. The SMILES string of the molecule is O=C(NCCc1ccccc1)c1cc(S(=O)(=O)NC2CC2)ccc1Br. The number of carbonyl (C=O) groups is 1. The van der Waals surface area contributed by atoms with Crippen molar-refractivity contribution in [3.8, 4) is 0 Å². The Balaban J connectivity index is 1.68. The summed E-state index contributed by atoms with van der Waals surface area (Å²) in [5.74, 6) is -0.300. The van der Waals surface area contributed by atoms with Gasteiger partial charge in [0.15, 0.2) is 0 Å². The molecule has 0 atom stereocenters. The predicted octanol–water partition coefficient (Wildman–Crippen LogP) is 2.86. The van der Waals surface area contributed by atoms with Crippen molar-refractivity contribution in [2.24, 2.45) is 0 Å². The van der Waals surface area contributed by atoms with Crippen LogP contribution in [0.1, 0.15) is 28.8 Å². The molecule has 0 bridgehead atoms. The Morgan fingerprint density at radius 1 is 1.12 bits per heavy atom. The third-order valence-corrected chi connectivity index (χ3v) is 6.14. The molecule has 1 fully saturated rings. The van der Waals surface area contributed by atoms with E-state index >= 15 is 0 Å². The Labute approximate surface area is 156 Å². The molecule has 5 nitrogen and oxygen atoms in total. The molecule has 1 aliphatic rings. The van der Waals surface area contributed by atoms with Crippen LogP contribution in [0.15, 0.2) is 57.9 Å². The molecule has 0 unspecified atom stereocenters. The highest BCUT2D eigenvalue weighted by Gasteiger charge is 2.28. The maximum atomic E-state index is 12.4. The zero-order chi connectivity index (χ0) is 17.9. The summed E-state index contributed by atoms with van der Waals surface area (Å²) < 4.78 is 27.8. The summed E-state index contributed by atoms with van der Waals surface area (Å²) in [4.78, 5) is 12.5. The number of hydrogen-bond donors (Lipinski definition) is 2. The number of hydrogen-bond acceptors (Lipinski definition) is 3. The zero-order valence-corrected chi connectivity index (χ0v) is 15.9. The summed E-state index contributed by atoms with van der Waals surface area (Å²) >= 11 is 3.32. The van der Waals surface area contributed by atoms with Crippen molar-refractivity contribution in [2.45, 2.75) is 30.2 Å². The number of rotatable bonds is 7. The molecule has 1 amide bonds. The van der Waals surface area contributed by atoms with Crippen LogP contribution in [0.4, 0.5) is 0 Å². The van der Waals surface area contributed by atoms with Gasteiger partial charge >= 0.3 is 0 Å². The average molecular weight is 423 g/mol. The van der Waals surface area contributed by atoms with Crippen molar-refractivity contribution in [2.75, 3.05) is 6.54 Å². The van der Waals surface area contributed by atoms with Gasteiger partial charge in [-0.05, 0) is 59.0 Å². The first-order valence-electron chi connectivity index (χ1n) is 8.10. The van der Waals surface area contributed by atoms with E-state index in [9.17, 15) is 13.2 Å². The standard InChI is InChI=1S/C18H19BrN2O3S/c19-17-9-8-15(25(23,24)21-14-6-7-14)12-16(17)18(22)20-11-10-13-4-2-1-3-5-13/h1-5,8-9,12,14,21H,6-7,10-11H2,(H,20,22). The first kappa shape index (κ1) is 18.1. The van der Waals surface area contributed by atoms with Crippen LogP contribution in [-0.4, -0.2) is 26.9 Å². The van der Waals surface area contributed by atoms with Crippen LogP contribution in [0, 0.1) is 0 Å². The Kier molecular flexibility index (Phi) is 5.56. The minimum Gasteiger partial charge on any atom is -0.352 e. The highest BCUT2D eigenvalue weighted by atomic mass is 79.9. The van der Waals surface area contributed by atoms with E-state index < -0.39 is 10.0 Å². The number of carbonyl (C=O) groups excluding carboxylic acids is 1. The summed E-state index contributed by atoms with van der Waals surface area (Å²) in [6, 6.07) is 14.4. The number of benzene rings is 2. The van der Waals surface area contributed by atoms with Crippen LogP contribution >= 0.6 is 15.9 Å². The molecule has 0 radical (unpaired) electrons. The Hall–Kier alpha value is -1.70. The van der Waals surface area contributed by atoms with E-state index in [1.165, 1.54) is 12.1 Å². The summed E-state index contributed by atoms with van der Waals surface area (Å²) in [5.41, 5.74) is 1.44. The number of halogens is 1. The van der Waals surface area contributed by atoms with Crippen molar-refractivity contribution in [3.05, 3.63) is 64.1 Å². The molecule has 7 heteroatoms. The van der Waals surface area contributed by atoms with Crippen molar-refractivity contribution in [1.82, 2.24) is 10.0 Å². The fourth-order valence-electron chi connectivity index (χ4n) is 2.39. The van der Waals surface area contributed by atoms with Crippen LogP contribution < -0.4 is 10.0 Å². The minimum absolute atomic E-state index is 0.0248. The molecule has 1 aliphatic carbocycles. The number of sulfonamides is 1. The molecule has 2 N–H and O–H groups in total. The van der Waals surface area contributed by atoms with Crippen LogP contribution in [0.2, 0.25) is 0 Å². The predicted molar refractivity (Wildman–Crippen MR) is 100.0 cm³/mol. The van der Waals surface area contributed by atoms with Gasteiger partial charge in [-0.2, -0.15) is 0 Å². The van der Waals surface area contributed by atoms with E-state index in [0.29, 0.717) is 23.0 Å². The highest BCUT2D eigenvalue weighted by molar-refractivity contribution is 9.10. The second-order valence-electron chi connectivity index (χ2n) is 6.03. The van der Waals surface area contributed by atoms with E-state index in [1.807, 2.05) is 30.3 Å². The van der Waals surface area contributed by atoms with Crippen LogP contribution in [0.25, 0.3) is 0 Å². The molecule has 0 heterocycles. The maximum Gasteiger partial charge on any atom is 0.252 e. The fraction of sp³-hybridized carbons (Fsp3) is 0.278. The molecule has 2 aromatic rings. The van der Waals surface area contributed by atoms with E-state index in [1.54, 1.807) is 6.07 Å². The summed E-state index contributed by atoms with van der Waals surface area (Å²) in [6.45, 7) is 0.479. The zero-order valence-electron chi connectivity index (χ0n) is 13.5. The number of nitrogens with one attached hydrogen (secondary N) is 2. The lowest BCUT2D eigenvalue weighted by atomic mass is 10.1. The largest absolute Gasteiger partial charge is 0.352 e. The summed E-state index contributed by atoms with van der Waals surface area (Å²) in [5, 5.41) is 2.84. The van der Waals surface area contributed by atoms with Gasteiger partial charge in [-0.15, -0.1) is 0 Å². The molecule has 0 spiro atoms. The van der Waals surface area contributed by atoms with Gasteiger partial charge in [0, 0.05) is 17.1 Å². The second-order valence-corrected chi connectivity index (χ2v) is 8.60. The fourth-order valence-corrected chi connectivity index (χ4v) is 4.15. The first-order valence-corrected chi connectivity index (χ1v) is 10.4. The lowest BCUT2D eigenvalue weighted by Gasteiger charge is -2.10. The average Bonchev–Trinajstić information content (AvgIpc) is 3.39. The highest BCUT2D eigenvalue weighted by Crippen LogP contribution is 2.25. The topological polar surface area (TPSA) is 75.3 Å². The molecule has 0 aliphatic heterocycles. The first-order chi connectivity index (χ1) is 12.0. The van der Waals surface area contributed by atoms with E-state index in [-0.39, 0.29) is 16.8 Å².